The molecule has 0 bridgehead atoms. The zero-order valence-corrected chi connectivity index (χ0v) is 17.3. The van der Waals surface area contributed by atoms with E-state index in [1.54, 1.807) is 4.90 Å². The van der Waals surface area contributed by atoms with Crippen LogP contribution in [0.25, 0.3) is 0 Å². The molecule has 2 aliphatic heterocycles. The lowest BCUT2D eigenvalue weighted by Crippen LogP contribution is -2.52. The van der Waals surface area contributed by atoms with E-state index in [0.717, 1.165) is 32.4 Å². The molecule has 2 rings (SSSR count). The molecule has 2 fully saturated rings. The van der Waals surface area contributed by atoms with Gasteiger partial charge < -0.3 is 26.0 Å². The Bertz CT molecular complexity index is 669. The van der Waals surface area contributed by atoms with E-state index in [2.05, 4.69) is 21.9 Å². The highest BCUT2D eigenvalue weighted by molar-refractivity contribution is 5.91. The second-order valence-electron chi connectivity index (χ2n) is 7.99. The molecular weight excluding hydrogens is 388 g/mol. The van der Waals surface area contributed by atoms with Crippen molar-refractivity contribution >= 4 is 23.7 Å². The van der Waals surface area contributed by atoms with Crippen molar-refractivity contribution in [1.29, 1.82) is 0 Å². The Morgan fingerprint density at radius 3 is 2.60 bits per heavy atom. The standard InChI is InChI=1S/C21H32N4O5/c1-2-9-23-21(30)17(13-19(27)28)24-20(29)16-4-3-12-25(14-16)18(26)6-5-15-7-10-22-11-8-15/h1,15-17,22H,3-14H2,(H,23,30)(H,24,29)(H,27,28)/t16-,17?/m1/s1. The third kappa shape index (κ3) is 7.67. The number of piperidine rings is 2. The minimum absolute atomic E-state index is 0.0480. The first-order valence-corrected chi connectivity index (χ1v) is 10.6. The Kier molecular flexibility index (Phi) is 9.61. The molecule has 0 aromatic rings. The smallest absolute Gasteiger partial charge is 0.305 e. The zero-order chi connectivity index (χ0) is 21.9. The van der Waals surface area contributed by atoms with E-state index >= 15 is 0 Å². The number of rotatable bonds is 9. The van der Waals surface area contributed by atoms with Gasteiger partial charge in [0.1, 0.15) is 6.04 Å². The van der Waals surface area contributed by atoms with E-state index in [0.29, 0.717) is 38.3 Å². The van der Waals surface area contributed by atoms with Crippen LogP contribution in [0.2, 0.25) is 0 Å². The molecule has 2 saturated heterocycles. The summed E-state index contributed by atoms with van der Waals surface area (Å²) in [4.78, 5) is 50.2. The number of carbonyl (C=O) groups is 4. The number of carbonyl (C=O) groups excluding carboxylic acids is 3. The van der Waals surface area contributed by atoms with Crippen LogP contribution >= 0.6 is 0 Å². The summed E-state index contributed by atoms with van der Waals surface area (Å²) in [6, 6.07) is -1.20. The number of aliphatic carboxylic acids is 1. The van der Waals surface area contributed by atoms with Gasteiger partial charge in [0.2, 0.25) is 17.7 Å². The Balaban J connectivity index is 1.86. The highest BCUT2D eigenvalue weighted by Crippen LogP contribution is 2.21. The molecule has 9 nitrogen and oxygen atoms in total. The SMILES string of the molecule is C#CCNC(=O)C(CC(=O)O)NC(=O)[C@@H]1CCCN(C(=O)CCC2CCNCC2)C1. The Morgan fingerprint density at radius 2 is 1.93 bits per heavy atom. The Morgan fingerprint density at radius 1 is 1.20 bits per heavy atom. The molecule has 0 aromatic heterocycles. The fourth-order valence-corrected chi connectivity index (χ4v) is 4.01. The van der Waals surface area contributed by atoms with E-state index in [1.807, 2.05) is 0 Å². The summed E-state index contributed by atoms with van der Waals surface area (Å²) in [7, 11) is 0. The van der Waals surface area contributed by atoms with E-state index in [4.69, 9.17) is 11.5 Å². The molecule has 0 aliphatic carbocycles. The molecule has 2 heterocycles. The van der Waals surface area contributed by atoms with Gasteiger partial charge >= 0.3 is 5.97 Å². The van der Waals surface area contributed by atoms with Crippen molar-refractivity contribution in [3.63, 3.8) is 0 Å². The van der Waals surface area contributed by atoms with Gasteiger partial charge in [-0.05, 0) is 51.1 Å². The van der Waals surface area contributed by atoms with Crippen molar-refractivity contribution < 1.29 is 24.3 Å². The van der Waals surface area contributed by atoms with Crippen molar-refractivity contribution in [3.8, 4) is 12.3 Å². The molecule has 0 aromatic carbocycles. The largest absolute Gasteiger partial charge is 0.481 e. The first kappa shape index (κ1) is 23.7. The number of amides is 3. The van der Waals surface area contributed by atoms with Gasteiger partial charge in [0.25, 0.3) is 0 Å². The van der Waals surface area contributed by atoms with Crippen LogP contribution in [-0.4, -0.2) is 72.5 Å². The molecule has 0 saturated carbocycles. The third-order valence-electron chi connectivity index (χ3n) is 5.75. The summed E-state index contributed by atoms with van der Waals surface area (Å²) >= 11 is 0. The van der Waals surface area contributed by atoms with Crippen LogP contribution in [0.5, 0.6) is 0 Å². The molecular formula is C21H32N4O5. The van der Waals surface area contributed by atoms with Crippen molar-refractivity contribution in [2.45, 2.75) is 51.0 Å². The van der Waals surface area contributed by atoms with Gasteiger partial charge in [0.15, 0.2) is 0 Å². The quantitative estimate of drug-likeness (QED) is 0.380. The van der Waals surface area contributed by atoms with Crippen LogP contribution in [-0.2, 0) is 19.2 Å². The van der Waals surface area contributed by atoms with Crippen LogP contribution in [0.3, 0.4) is 0 Å². The van der Waals surface area contributed by atoms with Gasteiger partial charge in [-0.3, -0.25) is 19.2 Å². The summed E-state index contributed by atoms with van der Waals surface area (Å²) < 4.78 is 0. The molecule has 2 aliphatic rings. The molecule has 0 spiro atoms. The summed E-state index contributed by atoms with van der Waals surface area (Å²) in [5.41, 5.74) is 0. The number of nitrogens with one attached hydrogen (secondary N) is 3. The molecule has 4 N–H and O–H groups in total. The van der Waals surface area contributed by atoms with Gasteiger partial charge in [0.05, 0.1) is 18.9 Å². The minimum Gasteiger partial charge on any atom is -0.481 e. The maximum Gasteiger partial charge on any atom is 0.305 e. The van der Waals surface area contributed by atoms with Crippen molar-refractivity contribution in [3.05, 3.63) is 0 Å². The number of carboxylic acid groups (broad SMARTS) is 1. The average Bonchev–Trinajstić information content (AvgIpc) is 2.75. The highest BCUT2D eigenvalue weighted by atomic mass is 16.4. The van der Waals surface area contributed by atoms with Gasteiger partial charge in [-0.2, -0.15) is 0 Å². The van der Waals surface area contributed by atoms with Gasteiger partial charge in [-0.1, -0.05) is 5.92 Å². The lowest BCUT2D eigenvalue weighted by molar-refractivity contribution is -0.141. The minimum atomic E-state index is -1.20. The van der Waals surface area contributed by atoms with E-state index in [1.165, 1.54) is 0 Å². The van der Waals surface area contributed by atoms with Crippen molar-refractivity contribution in [2.75, 3.05) is 32.7 Å². The number of terminal acetylenes is 1. The fraction of sp³-hybridized carbons (Fsp3) is 0.714. The number of hydrogen-bond donors (Lipinski definition) is 4. The van der Waals surface area contributed by atoms with Crippen LogP contribution in [0, 0.1) is 24.2 Å². The van der Waals surface area contributed by atoms with Gasteiger partial charge in [-0.15, -0.1) is 6.42 Å². The van der Waals surface area contributed by atoms with Crippen molar-refractivity contribution in [1.82, 2.24) is 20.9 Å². The summed E-state index contributed by atoms with van der Waals surface area (Å²) in [6.07, 6.45) is 9.38. The first-order chi connectivity index (χ1) is 14.4. The number of carboxylic acids is 1. The molecule has 0 radical (unpaired) electrons. The fourth-order valence-electron chi connectivity index (χ4n) is 4.01. The number of likely N-dealkylation sites (tertiary alicyclic amines) is 1. The molecule has 30 heavy (non-hydrogen) atoms. The predicted molar refractivity (Wildman–Crippen MR) is 110 cm³/mol. The Hall–Kier alpha value is -2.60. The monoisotopic (exact) mass is 420 g/mol. The normalized spacial score (nSPS) is 20.6. The Labute approximate surface area is 177 Å². The summed E-state index contributed by atoms with van der Waals surface area (Å²) in [5.74, 6) is 0.161. The number of nitrogens with zero attached hydrogens (tertiary/aromatic N) is 1. The predicted octanol–water partition coefficient (Wildman–Crippen LogP) is -0.286. The highest BCUT2D eigenvalue weighted by Gasteiger charge is 2.32. The van der Waals surface area contributed by atoms with Gasteiger partial charge in [-0.25, -0.2) is 0 Å². The van der Waals surface area contributed by atoms with E-state index in [9.17, 15) is 19.2 Å². The molecule has 3 amide bonds. The third-order valence-corrected chi connectivity index (χ3v) is 5.75. The maximum absolute atomic E-state index is 12.7. The second-order valence-corrected chi connectivity index (χ2v) is 7.99. The van der Waals surface area contributed by atoms with Crippen LogP contribution < -0.4 is 16.0 Å². The lowest BCUT2D eigenvalue weighted by Gasteiger charge is -2.33. The summed E-state index contributed by atoms with van der Waals surface area (Å²) in [5, 5.41) is 17.3. The summed E-state index contributed by atoms with van der Waals surface area (Å²) in [6.45, 7) is 2.86. The zero-order valence-electron chi connectivity index (χ0n) is 17.3. The molecule has 2 atom stereocenters. The molecule has 9 heteroatoms. The molecule has 1 unspecified atom stereocenters. The molecule has 166 valence electrons. The lowest BCUT2D eigenvalue weighted by atomic mass is 9.92. The van der Waals surface area contributed by atoms with E-state index in [-0.39, 0.29) is 12.5 Å². The average molecular weight is 421 g/mol. The van der Waals surface area contributed by atoms with Crippen molar-refractivity contribution in [2.24, 2.45) is 11.8 Å². The maximum atomic E-state index is 12.7. The number of hydrogen-bond acceptors (Lipinski definition) is 5. The van der Waals surface area contributed by atoms with Gasteiger partial charge in [0, 0.05) is 19.5 Å². The topological polar surface area (TPSA) is 128 Å². The van der Waals surface area contributed by atoms with Crippen LogP contribution in [0.4, 0.5) is 0 Å². The van der Waals surface area contributed by atoms with Crippen LogP contribution in [0.1, 0.15) is 44.9 Å². The second kappa shape index (κ2) is 12.2. The first-order valence-electron chi connectivity index (χ1n) is 10.6. The van der Waals surface area contributed by atoms with Crippen LogP contribution in [0.15, 0.2) is 0 Å². The van der Waals surface area contributed by atoms with E-state index < -0.39 is 36.2 Å².